The molecule has 5 heteroatoms. The summed E-state index contributed by atoms with van der Waals surface area (Å²) in [5, 5.41) is 0. The van der Waals surface area contributed by atoms with Crippen molar-refractivity contribution in [1.82, 2.24) is 0 Å². The highest BCUT2D eigenvalue weighted by Gasteiger charge is 2.05. The topological polar surface area (TPSA) is 58.6 Å². The van der Waals surface area contributed by atoms with E-state index in [4.69, 9.17) is 9.47 Å². The predicted molar refractivity (Wildman–Crippen MR) is 66.3 cm³/mol. The summed E-state index contributed by atoms with van der Waals surface area (Å²) < 4.78 is 31.5. The Labute approximate surface area is 104 Å². The lowest BCUT2D eigenvalue weighted by atomic mass is 10.1. The minimum Gasteiger partial charge on any atom is -0.772 e. The Hall–Kier alpha value is -1.07. The minimum atomic E-state index is -1.96. The number of ether oxygens (including phenoxy) is 2. The van der Waals surface area contributed by atoms with Gasteiger partial charge in [-0.05, 0) is 37.5 Å². The second kappa shape index (κ2) is 7.29. The molecule has 0 saturated heterocycles. The van der Waals surface area contributed by atoms with Gasteiger partial charge in [-0.25, -0.2) is 0 Å². The average molecular weight is 257 g/mol. The SMILES string of the molecule is CCOc1cc(CCCS(=O)[O-])ccc1OC. The van der Waals surface area contributed by atoms with E-state index < -0.39 is 11.1 Å². The Bertz CT molecular complexity index is 379. The van der Waals surface area contributed by atoms with Crippen LogP contribution in [0.2, 0.25) is 0 Å². The molecule has 0 bridgehead atoms. The van der Waals surface area contributed by atoms with Gasteiger partial charge in [0.15, 0.2) is 11.5 Å². The first-order chi connectivity index (χ1) is 8.17. The molecule has 0 aliphatic heterocycles. The van der Waals surface area contributed by atoms with Crippen molar-refractivity contribution in [3.8, 4) is 11.5 Å². The Morgan fingerprint density at radius 2 is 2.12 bits per heavy atom. The minimum absolute atomic E-state index is 0.190. The molecule has 1 aromatic rings. The van der Waals surface area contributed by atoms with E-state index in [0.29, 0.717) is 24.5 Å². The maximum Gasteiger partial charge on any atom is 0.161 e. The number of aryl methyl sites for hydroxylation is 1. The first-order valence-corrected chi connectivity index (χ1v) is 6.77. The normalized spacial score (nSPS) is 12.2. The summed E-state index contributed by atoms with van der Waals surface area (Å²) in [6, 6.07) is 5.67. The van der Waals surface area contributed by atoms with Gasteiger partial charge in [0.1, 0.15) is 0 Å². The monoisotopic (exact) mass is 257 g/mol. The first kappa shape index (κ1) is 14.0. The molecule has 0 aliphatic carbocycles. The van der Waals surface area contributed by atoms with Gasteiger partial charge in [0.25, 0.3) is 0 Å². The number of hydrogen-bond donors (Lipinski definition) is 0. The van der Waals surface area contributed by atoms with Crippen LogP contribution in [0.5, 0.6) is 11.5 Å². The molecule has 96 valence electrons. The van der Waals surface area contributed by atoms with Gasteiger partial charge in [0.2, 0.25) is 0 Å². The van der Waals surface area contributed by atoms with Gasteiger partial charge in [-0.1, -0.05) is 17.1 Å². The van der Waals surface area contributed by atoms with Crippen LogP contribution in [0, 0.1) is 0 Å². The van der Waals surface area contributed by atoms with Gasteiger partial charge >= 0.3 is 0 Å². The van der Waals surface area contributed by atoms with Crippen LogP contribution in [0.25, 0.3) is 0 Å². The van der Waals surface area contributed by atoms with Gasteiger partial charge in [0.05, 0.1) is 13.7 Å². The standard InChI is InChI=1S/C12H18O4S/c1-3-16-12-9-10(5-4-8-17(13)14)6-7-11(12)15-2/h6-7,9H,3-5,8H2,1-2H3,(H,13,14)/p-1. The Morgan fingerprint density at radius 1 is 1.35 bits per heavy atom. The third-order valence-electron chi connectivity index (χ3n) is 2.30. The zero-order valence-corrected chi connectivity index (χ0v) is 10.9. The third-order valence-corrected chi connectivity index (χ3v) is 2.93. The van der Waals surface area contributed by atoms with Crippen molar-refractivity contribution in [3.05, 3.63) is 23.8 Å². The molecule has 0 aromatic heterocycles. The summed E-state index contributed by atoms with van der Waals surface area (Å²) in [5.41, 5.74) is 1.06. The smallest absolute Gasteiger partial charge is 0.161 e. The van der Waals surface area contributed by atoms with E-state index in [9.17, 15) is 8.76 Å². The summed E-state index contributed by atoms with van der Waals surface area (Å²) >= 11 is -1.96. The van der Waals surface area contributed by atoms with E-state index in [2.05, 4.69) is 0 Å². The molecular weight excluding hydrogens is 240 g/mol. The van der Waals surface area contributed by atoms with Crippen LogP contribution in [0.1, 0.15) is 18.9 Å². The number of hydrogen-bond acceptors (Lipinski definition) is 4. The summed E-state index contributed by atoms with van der Waals surface area (Å²) in [4.78, 5) is 0. The first-order valence-electron chi connectivity index (χ1n) is 5.53. The van der Waals surface area contributed by atoms with Crippen LogP contribution in [-0.4, -0.2) is 28.2 Å². The van der Waals surface area contributed by atoms with E-state index in [1.54, 1.807) is 7.11 Å². The fourth-order valence-corrected chi connectivity index (χ4v) is 1.92. The van der Waals surface area contributed by atoms with E-state index >= 15 is 0 Å². The Morgan fingerprint density at radius 3 is 2.71 bits per heavy atom. The fourth-order valence-electron chi connectivity index (χ4n) is 1.54. The van der Waals surface area contributed by atoms with E-state index in [1.807, 2.05) is 25.1 Å². The summed E-state index contributed by atoms with van der Waals surface area (Å²) in [6.07, 6.45) is 1.34. The van der Waals surface area contributed by atoms with Crippen LogP contribution >= 0.6 is 0 Å². The van der Waals surface area contributed by atoms with Crippen molar-refractivity contribution >= 4 is 11.1 Å². The molecule has 0 saturated carbocycles. The van der Waals surface area contributed by atoms with Crippen LogP contribution in [-0.2, 0) is 17.5 Å². The van der Waals surface area contributed by atoms with Gasteiger partial charge in [-0.3, -0.25) is 4.21 Å². The van der Waals surface area contributed by atoms with Gasteiger partial charge in [0, 0.05) is 5.75 Å². The lowest BCUT2D eigenvalue weighted by Gasteiger charge is -2.11. The van der Waals surface area contributed by atoms with Crippen LogP contribution < -0.4 is 9.47 Å². The third kappa shape index (κ3) is 4.75. The highest BCUT2D eigenvalue weighted by Crippen LogP contribution is 2.28. The predicted octanol–water partition coefficient (Wildman–Crippen LogP) is 1.91. The Kier molecular flexibility index (Phi) is 6.00. The maximum absolute atomic E-state index is 10.4. The molecule has 4 nitrogen and oxygen atoms in total. The molecule has 0 aliphatic rings. The lowest BCUT2D eigenvalue weighted by Crippen LogP contribution is -1.99. The zero-order valence-electron chi connectivity index (χ0n) is 10.1. The quantitative estimate of drug-likeness (QED) is 0.700. The fraction of sp³-hybridized carbons (Fsp3) is 0.500. The Balaban J connectivity index is 2.67. The molecule has 1 atom stereocenters. The average Bonchev–Trinajstić information content (AvgIpc) is 2.29. The van der Waals surface area contributed by atoms with Crippen LogP contribution in [0.15, 0.2) is 18.2 Å². The van der Waals surface area contributed by atoms with Crippen molar-refractivity contribution in [2.75, 3.05) is 19.5 Å². The number of rotatable bonds is 7. The lowest BCUT2D eigenvalue weighted by molar-refractivity contribution is 0.310. The molecule has 0 radical (unpaired) electrons. The molecule has 1 aromatic carbocycles. The second-order valence-electron chi connectivity index (χ2n) is 3.53. The summed E-state index contributed by atoms with van der Waals surface area (Å²) in [6.45, 7) is 2.48. The number of benzene rings is 1. The van der Waals surface area contributed by atoms with Crippen molar-refractivity contribution in [2.24, 2.45) is 0 Å². The van der Waals surface area contributed by atoms with Crippen molar-refractivity contribution < 1.29 is 18.2 Å². The van der Waals surface area contributed by atoms with Gasteiger partial charge in [-0.15, -0.1) is 0 Å². The van der Waals surface area contributed by atoms with Gasteiger partial charge < -0.3 is 14.0 Å². The molecule has 1 rings (SSSR count). The molecule has 0 amide bonds. The zero-order chi connectivity index (χ0) is 12.7. The summed E-state index contributed by atoms with van der Waals surface area (Å²) in [7, 11) is 1.60. The van der Waals surface area contributed by atoms with E-state index in [-0.39, 0.29) is 5.75 Å². The maximum atomic E-state index is 10.4. The second-order valence-corrected chi connectivity index (χ2v) is 4.55. The van der Waals surface area contributed by atoms with E-state index in [0.717, 1.165) is 12.0 Å². The molecule has 0 heterocycles. The number of methoxy groups -OCH3 is 1. The van der Waals surface area contributed by atoms with E-state index in [1.165, 1.54) is 0 Å². The highest BCUT2D eigenvalue weighted by molar-refractivity contribution is 7.79. The molecule has 0 N–H and O–H groups in total. The molecule has 0 fully saturated rings. The van der Waals surface area contributed by atoms with Crippen molar-refractivity contribution in [2.45, 2.75) is 19.8 Å². The van der Waals surface area contributed by atoms with Crippen LogP contribution in [0.4, 0.5) is 0 Å². The molecule has 1 unspecified atom stereocenters. The highest BCUT2D eigenvalue weighted by atomic mass is 32.2. The van der Waals surface area contributed by atoms with Crippen LogP contribution in [0.3, 0.4) is 0 Å². The molecular formula is C12H17O4S-. The molecule has 17 heavy (non-hydrogen) atoms. The van der Waals surface area contributed by atoms with Crippen molar-refractivity contribution in [1.29, 1.82) is 0 Å². The largest absolute Gasteiger partial charge is 0.772 e. The molecule has 0 spiro atoms. The summed E-state index contributed by atoms with van der Waals surface area (Å²) in [5.74, 6) is 1.59. The van der Waals surface area contributed by atoms with Crippen molar-refractivity contribution in [3.63, 3.8) is 0 Å². The van der Waals surface area contributed by atoms with Gasteiger partial charge in [-0.2, -0.15) is 0 Å².